The fraction of sp³-hybridized carbons (Fsp3) is 0.280. The molecule has 152 valence electrons. The summed E-state index contributed by atoms with van der Waals surface area (Å²) < 4.78 is 11.5. The summed E-state index contributed by atoms with van der Waals surface area (Å²) in [6, 6.07) is 19.1. The van der Waals surface area contributed by atoms with E-state index in [9.17, 15) is 9.59 Å². The summed E-state index contributed by atoms with van der Waals surface area (Å²) in [5.41, 5.74) is 0.769. The molecule has 0 bridgehead atoms. The molecule has 3 aromatic rings. The number of benzene rings is 3. The van der Waals surface area contributed by atoms with Crippen LogP contribution >= 0.6 is 0 Å². The molecule has 5 heteroatoms. The Bertz CT molecular complexity index is 1140. The Morgan fingerprint density at radius 1 is 1.03 bits per heavy atom. The highest BCUT2D eigenvalue weighted by molar-refractivity contribution is 6.07. The van der Waals surface area contributed by atoms with Gasteiger partial charge in [0.05, 0.1) is 19.1 Å². The highest BCUT2D eigenvalue weighted by Gasteiger charge is 2.44. The molecule has 1 spiro atoms. The van der Waals surface area contributed by atoms with Gasteiger partial charge in [-0.2, -0.15) is 0 Å². The Kier molecular flexibility index (Phi) is 4.46. The molecule has 30 heavy (non-hydrogen) atoms. The largest absolute Gasteiger partial charge is 0.497 e. The van der Waals surface area contributed by atoms with Crippen LogP contribution in [0.25, 0.3) is 10.8 Å². The first kappa shape index (κ1) is 18.7. The number of rotatable bonds is 2. The van der Waals surface area contributed by atoms with Gasteiger partial charge in [0.15, 0.2) is 5.78 Å². The third kappa shape index (κ3) is 3.11. The molecule has 1 amide bonds. The zero-order valence-electron chi connectivity index (χ0n) is 16.9. The number of hydrogen-bond donors (Lipinski definition) is 0. The lowest BCUT2D eigenvalue weighted by molar-refractivity contribution is -0.00571. The first-order valence-corrected chi connectivity index (χ1v) is 10.3. The molecule has 0 aromatic heterocycles. The molecular formula is C25H23NO4. The summed E-state index contributed by atoms with van der Waals surface area (Å²) in [4.78, 5) is 27.9. The van der Waals surface area contributed by atoms with Crippen molar-refractivity contribution < 1.29 is 19.1 Å². The number of piperidine rings is 1. The van der Waals surface area contributed by atoms with E-state index in [2.05, 4.69) is 0 Å². The van der Waals surface area contributed by atoms with Gasteiger partial charge in [-0.3, -0.25) is 9.59 Å². The molecule has 2 aliphatic heterocycles. The molecule has 1 saturated heterocycles. The van der Waals surface area contributed by atoms with E-state index in [4.69, 9.17) is 9.47 Å². The predicted octanol–water partition coefficient (Wildman–Crippen LogP) is 4.49. The molecule has 0 unspecified atom stereocenters. The van der Waals surface area contributed by atoms with Gasteiger partial charge in [0, 0.05) is 31.5 Å². The fourth-order valence-corrected chi connectivity index (χ4v) is 4.58. The van der Waals surface area contributed by atoms with Gasteiger partial charge >= 0.3 is 0 Å². The minimum absolute atomic E-state index is 0.0360. The number of nitrogens with zero attached hydrogens (tertiary/aromatic N) is 1. The van der Waals surface area contributed by atoms with E-state index in [-0.39, 0.29) is 11.7 Å². The van der Waals surface area contributed by atoms with E-state index >= 15 is 0 Å². The van der Waals surface area contributed by atoms with Crippen molar-refractivity contribution in [2.45, 2.75) is 24.9 Å². The van der Waals surface area contributed by atoms with Crippen molar-refractivity contribution in [1.29, 1.82) is 0 Å². The number of Topliss-reactive ketones (excluding diaryl/α,β-unsaturated/α-hetero) is 1. The number of carbonyl (C=O) groups excluding carboxylic acids is 2. The minimum atomic E-state index is -0.534. The van der Waals surface area contributed by atoms with E-state index in [1.807, 2.05) is 53.4 Å². The average molecular weight is 401 g/mol. The Balaban J connectivity index is 1.35. The van der Waals surface area contributed by atoms with Crippen molar-refractivity contribution in [2.24, 2.45) is 0 Å². The summed E-state index contributed by atoms with van der Waals surface area (Å²) in [6.07, 6.45) is 1.62. The van der Waals surface area contributed by atoms with Crippen LogP contribution in [0.5, 0.6) is 11.5 Å². The lowest BCUT2D eigenvalue weighted by Gasteiger charge is -2.44. The summed E-state index contributed by atoms with van der Waals surface area (Å²) in [7, 11) is 1.58. The molecule has 2 heterocycles. The molecule has 2 aliphatic rings. The van der Waals surface area contributed by atoms with E-state index in [0.717, 1.165) is 16.3 Å². The second kappa shape index (κ2) is 7.17. The highest BCUT2D eigenvalue weighted by Crippen LogP contribution is 2.40. The van der Waals surface area contributed by atoms with Crippen molar-refractivity contribution in [3.8, 4) is 11.5 Å². The van der Waals surface area contributed by atoms with E-state index < -0.39 is 5.60 Å². The van der Waals surface area contributed by atoms with E-state index in [1.165, 1.54) is 0 Å². The van der Waals surface area contributed by atoms with Crippen molar-refractivity contribution in [3.63, 3.8) is 0 Å². The van der Waals surface area contributed by atoms with Crippen LogP contribution in [0.4, 0.5) is 0 Å². The number of likely N-dealkylation sites (tertiary alicyclic amines) is 1. The van der Waals surface area contributed by atoms with Gasteiger partial charge in [-0.25, -0.2) is 0 Å². The molecule has 0 aliphatic carbocycles. The molecule has 0 atom stereocenters. The summed E-state index contributed by atoms with van der Waals surface area (Å²) in [5.74, 6) is 1.37. The number of hydrogen-bond acceptors (Lipinski definition) is 4. The lowest BCUT2D eigenvalue weighted by Crippen LogP contribution is -2.52. The molecule has 5 nitrogen and oxygen atoms in total. The monoisotopic (exact) mass is 401 g/mol. The van der Waals surface area contributed by atoms with Crippen molar-refractivity contribution in [1.82, 2.24) is 4.90 Å². The molecule has 1 fully saturated rings. The first-order valence-electron chi connectivity index (χ1n) is 10.3. The zero-order valence-corrected chi connectivity index (χ0v) is 16.9. The minimum Gasteiger partial charge on any atom is -0.497 e. The predicted molar refractivity (Wildman–Crippen MR) is 114 cm³/mol. The van der Waals surface area contributed by atoms with Gasteiger partial charge < -0.3 is 14.4 Å². The van der Waals surface area contributed by atoms with Crippen molar-refractivity contribution >= 4 is 22.5 Å². The quantitative estimate of drug-likeness (QED) is 0.635. The smallest absolute Gasteiger partial charge is 0.254 e. The maximum absolute atomic E-state index is 13.2. The zero-order chi connectivity index (χ0) is 20.7. The third-order valence-electron chi connectivity index (χ3n) is 6.28. The second-order valence-electron chi connectivity index (χ2n) is 8.07. The molecule has 3 aromatic carbocycles. The SMILES string of the molecule is COc1ccc2c(c1)C(=O)CC1(CCN(C(=O)c3cccc4ccccc34)CC1)O2. The average Bonchev–Trinajstić information content (AvgIpc) is 2.78. The number of ether oxygens (including phenoxy) is 2. The van der Waals surface area contributed by atoms with Crippen LogP contribution in [0, 0.1) is 0 Å². The van der Waals surface area contributed by atoms with Crippen molar-refractivity contribution in [2.75, 3.05) is 20.2 Å². The number of fused-ring (bicyclic) bond motifs is 2. The van der Waals surface area contributed by atoms with Gasteiger partial charge in [-0.1, -0.05) is 36.4 Å². The van der Waals surface area contributed by atoms with Gasteiger partial charge in [0.25, 0.3) is 5.91 Å². The summed E-state index contributed by atoms with van der Waals surface area (Å²) in [6.45, 7) is 1.14. The second-order valence-corrected chi connectivity index (χ2v) is 8.07. The van der Waals surface area contributed by atoms with Crippen LogP contribution in [-0.2, 0) is 0 Å². The maximum atomic E-state index is 13.2. The number of amides is 1. The number of carbonyl (C=O) groups is 2. The van der Waals surface area contributed by atoms with Crippen molar-refractivity contribution in [3.05, 3.63) is 71.8 Å². The first-order chi connectivity index (χ1) is 14.6. The molecule has 5 rings (SSSR count). The van der Waals surface area contributed by atoms with Crippen LogP contribution in [-0.4, -0.2) is 42.4 Å². The van der Waals surface area contributed by atoms with Crippen LogP contribution in [0.3, 0.4) is 0 Å². The van der Waals surface area contributed by atoms with E-state index in [1.54, 1.807) is 19.2 Å². The summed E-state index contributed by atoms with van der Waals surface area (Å²) >= 11 is 0. The molecule has 0 N–H and O–H groups in total. The Morgan fingerprint density at radius 3 is 2.60 bits per heavy atom. The summed E-state index contributed by atoms with van der Waals surface area (Å²) in [5, 5.41) is 2.03. The third-order valence-corrected chi connectivity index (χ3v) is 6.28. The van der Waals surface area contributed by atoms with Crippen LogP contribution in [0.15, 0.2) is 60.7 Å². The van der Waals surface area contributed by atoms with Gasteiger partial charge in [-0.05, 0) is 35.0 Å². The number of methoxy groups -OCH3 is 1. The highest BCUT2D eigenvalue weighted by atomic mass is 16.5. The lowest BCUT2D eigenvalue weighted by atomic mass is 9.82. The van der Waals surface area contributed by atoms with E-state index in [0.29, 0.717) is 49.4 Å². The topological polar surface area (TPSA) is 55.8 Å². The Hall–Kier alpha value is -3.34. The molecule has 0 radical (unpaired) electrons. The van der Waals surface area contributed by atoms with Crippen LogP contribution in [0.2, 0.25) is 0 Å². The normalized spacial score (nSPS) is 17.5. The number of ketones is 1. The van der Waals surface area contributed by atoms with Gasteiger partial charge in [-0.15, -0.1) is 0 Å². The maximum Gasteiger partial charge on any atom is 0.254 e. The van der Waals surface area contributed by atoms with Crippen LogP contribution in [0.1, 0.15) is 40.0 Å². The molecular weight excluding hydrogens is 378 g/mol. The standard InChI is InChI=1S/C25H23NO4/c1-29-18-9-10-23-21(15-18)22(27)16-25(30-23)11-13-26(14-12-25)24(28)20-8-4-6-17-5-2-3-7-19(17)20/h2-10,15H,11-14,16H2,1H3. The van der Waals surface area contributed by atoms with Crippen LogP contribution < -0.4 is 9.47 Å². The Labute approximate surface area is 175 Å². The van der Waals surface area contributed by atoms with Gasteiger partial charge in [0.1, 0.15) is 17.1 Å². The molecule has 0 saturated carbocycles. The Morgan fingerprint density at radius 2 is 1.80 bits per heavy atom. The van der Waals surface area contributed by atoms with Gasteiger partial charge in [0.2, 0.25) is 0 Å². The fourth-order valence-electron chi connectivity index (χ4n) is 4.58.